The van der Waals surface area contributed by atoms with Crippen molar-refractivity contribution in [3.63, 3.8) is 0 Å². The summed E-state index contributed by atoms with van der Waals surface area (Å²) in [7, 11) is 1.28. The number of benzene rings is 2. The van der Waals surface area contributed by atoms with Gasteiger partial charge in [-0.15, -0.1) is 0 Å². The molecule has 0 heterocycles. The number of hydrogen-bond donors (Lipinski definition) is 2. The molecule has 136 valence electrons. The maximum absolute atomic E-state index is 12.0. The van der Waals surface area contributed by atoms with Crippen molar-refractivity contribution in [2.75, 3.05) is 24.4 Å². The van der Waals surface area contributed by atoms with Gasteiger partial charge in [0.05, 0.1) is 19.3 Å². The van der Waals surface area contributed by atoms with Crippen LogP contribution < -0.4 is 15.4 Å². The van der Waals surface area contributed by atoms with Gasteiger partial charge in [0, 0.05) is 11.4 Å². The van der Waals surface area contributed by atoms with Crippen molar-refractivity contribution >= 4 is 29.2 Å². The SMILES string of the molecule is CCOc1ccc(NC(=O)CC(=O)Nc2cccc(C(=O)OC)c2)cc1. The quantitative estimate of drug-likeness (QED) is 0.588. The van der Waals surface area contributed by atoms with Crippen molar-refractivity contribution in [2.45, 2.75) is 13.3 Å². The van der Waals surface area contributed by atoms with E-state index in [1.807, 2.05) is 6.92 Å². The minimum Gasteiger partial charge on any atom is -0.494 e. The van der Waals surface area contributed by atoms with E-state index >= 15 is 0 Å². The summed E-state index contributed by atoms with van der Waals surface area (Å²) in [4.78, 5) is 35.5. The topological polar surface area (TPSA) is 93.7 Å². The van der Waals surface area contributed by atoms with Crippen LogP contribution in [0.3, 0.4) is 0 Å². The van der Waals surface area contributed by atoms with Gasteiger partial charge in [-0.2, -0.15) is 0 Å². The number of hydrogen-bond acceptors (Lipinski definition) is 5. The van der Waals surface area contributed by atoms with Crippen molar-refractivity contribution in [1.82, 2.24) is 0 Å². The predicted octanol–water partition coefficient (Wildman–Crippen LogP) is 2.84. The Bertz CT molecular complexity index is 787. The van der Waals surface area contributed by atoms with Gasteiger partial charge in [-0.25, -0.2) is 4.79 Å². The van der Waals surface area contributed by atoms with Crippen LogP contribution in [0, 0.1) is 0 Å². The van der Waals surface area contributed by atoms with Gasteiger partial charge in [-0.3, -0.25) is 9.59 Å². The maximum atomic E-state index is 12.0. The van der Waals surface area contributed by atoms with Crippen molar-refractivity contribution in [2.24, 2.45) is 0 Å². The van der Waals surface area contributed by atoms with Gasteiger partial charge in [0.1, 0.15) is 12.2 Å². The molecule has 0 fully saturated rings. The molecule has 0 unspecified atom stereocenters. The average Bonchev–Trinajstić information content (AvgIpc) is 2.63. The Balaban J connectivity index is 1.89. The molecule has 2 aromatic rings. The van der Waals surface area contributed by atoms with Crippen molar-refractivity contribution in [3.8, 4) is 5.75 Å². The van der Waals surface area contributed by atoms with E-state index in [9.17, 15) is 14.4 Å². The Morgan fingerprint density at radius 3 is 2.19 bits per heavy atom. The average molecular weight is 356 g/mol. The van der Waals surface area contributed by atoms with Crippen molar-refractivity contribution in [3.05, 3.63) is 54.1 Å². The van der Waals surface area contributed by atoms with Crippen LogP contribution in [-0.2, 0) is 14.3 Å². The number of esters is 1. The zero-order chi connectivity index (χ0) is 18.9. The minimum absolute atomic E-state index is 0.309. The molecule has 0 aromatic heterocycles. The van der Waals surface area contributed by atoms with Crippen LogP contribution in [0.4, 0.5) is 11.4 Å². The number of nitrogens with one attached hydrogen (secondary N) is 2. The smallest absolute Gasteiger partial charge is 0.337 e. The molecule has 7 nitrogen and oxygen atoms in total. The molecule has 0 aliphatic rings. The second kappa shape index (κ2) is 9.22. The fraction of sp³-hybridized carbons (Fsp3) is 0.211. The van der Waals surface area contributed by atoms with E-state index in [4.69, 9.17) is 4.74 Å². The summed E-state index contributed by atoms with van der Waals surface area (Å²) < 4.78 is 9.95. The van der Waals surface area contributed by atoms with Crippen LogP contribution in [-0.4, -0.2) is 31.5 Å². The Hall–Kier alpha value is -3.35. The third-order valence-corrected chi connectivity index (χ3v) is 3.34. The van der Waals surface area contributed by atoms with Gasteiger partial charge >= 0.3 is 5.97 Å². The highest BCUT2D eigenvalue weighted by atomic mass is 16.5. The summed E-state index contributed by atoms with van der Waals surface area (Å²) in [5.74, 6) is -0.741. The number of ether oxygens (including phenoxy) is 2. The van der Waals surface area contributed by atoms with Gasteiger partial charge in [0.15, 0.2) is 0 Å². The highest BCUT2D eigenvalue weighted by Crippen LogP contribution is 2.16. The molecule has 0 spiro atoms. The molecule has 0 aliphatic heterocycles. The van der Waals surface area contributed by atoms with Crippen LogP contribution in [0.2, 0.25) is 0 Å². The van der Waals surface area contributed by atoms with E-state index in [1.54, 1.807) is 42.5 Å². The van der Waals surface area contributed by atoms with E-state index < -0.39 is 17.8 Å². The Morgan fingerprint density at radius 1 is 0.923 bits per heavy atom. The van der Waals surface area contributed by atoms with Gasteiger partial charge < -0.3 is 20.1 Å². The molecule has 2 N–H and O–H groups in total. The molecule has 26 heavy (non-hydrogen) atoms. The third kappa shape index (κ3) is 5.62. The number of anilines is 2. The Kier molecular flexibility index (Phi) is 6.73. The van der Waals surface area contributed by atoms with Crippen molar-refractivity contribution < 1.29 is 23.9 Å². The monoisotopic (exact) mass is 356 g/mol. The van der Waals surface area contributed by atoms with E-state index in [-0.39, 0.29) is 6.42 Å². The van der Waals surface area contributed by atoms with Gasteiger partial charge in [0.25, 0.3) is 0 Å². The molecule has 2 aromatic carbocycles. The zero-order valence-electron chi connectivity index (χ0n) is 14.6. The summed E-state index contributed by atoms with van der Waals surface area (Å²) in [6.45, 7) is 2.44. The maximum Gasteiger partial charge on any atom is 0.337 e. The van der Waals surface area contributed by atoms with Crippen LogP contribution in [0.5, 0.6) is 5.75 Å². The number of carbonyl (C=O) groups excluding carboxylic acids is 3. The molecular weight excluding hydrogens is 336 g/mol. The predicted molar refractivity (Wildman–Crippen MR) is 97.3 cm³/mol. The summed E-state index contributed by atoms with van der Waals surface area (Å²) in [5.41, 5.74) is 1.29. The first-order chi connectivity index (χ1) is 12.5. The number of rotatable bonds is 7. The van der Waals surface area contributed by atoms with Gasteiger partial charge in [-0.05, 0) is 49.4 Å². The first-order valence-corrected chi connectivity index (χ1v) is 8.02. The first-order valence-electron chi connectivity index (χ1n) is 8.02. The Morgan fingerprint density at radius 2 is 1.58 bits per heavy atom. The number of amides is 2. The fourth-order valence-electron chi connectivity index (χ4n) is 2.20. The highest BCUT2D eigenvalue weighted by molar-refractivity contribution is 6.08. The van der Waals surface area contributed by atoms with E-state index in [1.165, 1.54) is 13.2 Å². The summed E-state index contributed by atoms with van der Waals surface area (Å²) in [6, 6.07) is 13.1. The third-order valence-electron chi connectivity index (χ3n) is 3.34. The molecular formula is C19H20N2O5. The molecule has 0 atom stereocenters. The minimum atomic E-state index is -0.505. The lowest BCUT2D eigenvalue weighted by Gasteiger charge is -2.08. The van der Waals surface area contributed by atoms with Gasteiger partial charge in [0.2, 0.25) is 11.8 Å². The molecule has 2 amide bonds. The highest BCUT2D eigenvalue weighted by Gasteiger charge is 2.12. The van der Waals surface area contributed by atoms with E-state index in [2.05, 4.69) is 15.4 Å². The summed E-state index contributed by atoms with van der Waals surface area (Å²) >= 11 is 0. The molecule has 0 aliphatic carbocycles. The number of carbonyl (C=O) groups is 3. The molecule has 0 radical (unpaired) electrons. The lowest BCUT2D eigenvalue weighted by molar-refractivity contribution is -0.123. The number of methoxy groups -OCH3 is 1. The Labute approximate surface area is 151 Å². The standard InChI is InChI=1S/C19H20N2O5/c1-3-26-16-9-7-14(8-10-16)20-17(22)12-18(23)21-15-6-4-5-13(11-15)19(24)25-2/h4-11H,3,12H2,1-2H3,(H,20,22)(H,21,23). The second-order valence-corrected chi connectivity index (χ2v) is 5.30. The van der Waals surface area contributed by atoms with Crippen LogP contribution >= 0.6 is 0 Å². The fourth-order valence-corrected chi connectivity index (χ4v) is 2.20. The van der Waals surface area contributed by atoms with Gasteiger partial charge in [-0.1, -0.05) is 6.07 Å². The summed E-state index contributed by atoms with van der Waals surface area (Å²) in [6.07, 6.45) is -0.352. The molecule has 0 bridgehead atoms. The van der Waals surface area contributed by atoms with Crippen molar-refractivity contribution in [1.29, 1.82) is 0 Å². The molecule has 2 rings (SSSR count). The normalized spacial score (nSPS) is 9.92. The summed E-state index contributed by atoms with van der Waals surface area (Å²) in [5, 5.41) is 5.21. The van der Waals surface area contributed by atoms with E-state index in [0.717, 1.165) is 0 Å². The second-order valence-electron chi connectivity index (χ2n) is 5.30. The first kappa shape index (κ1) is 19.0. The van der Waals surface area contributed by atoms with Crippen LogP contribution in [0.15, 0.2) is 48.5 Å². The zero-order valence-corrected chi connectivity index (χ0v) is 14.6. The van der Waals surface area contributed by atoms with E-state index in [0.29, 0.717) is 29.3 Å². The largest absolute Gasteiger partial charge is 0.494 e. The molecule has 0 saturated carbocycles. The lowest BCUT2D eigenvalue weighted by atomic mass is 10.2. The van der Waals surface area contributed by atoms with Crippen LogP contribution in [0.1, 0.15) is 23.7 Å². The molecule has 7 heteroatoms. The van der Waals surface area contributed by atoms with Crippen LogP contribution in [0.25, 0.3) is 0 Å². The molecule has 0 saturated heterocycles. The lowest BCUT2D eigenvalue weighted by Crippen LogP contribution is -2.21.